The molecule has 3 aromatic heterocycles. The highest BCUT2D eigenvalue weighted by atomic mass is 35.5. The summed E-state index contributed by atoms with van der Waals surface area (Å²) in [4.78, 5) is 35.2. The van der Waals surface area contributed by atoms with Gasteiger partial charge in [0.2, 0.25) is 0 Å². The van der Waals surface area contributed by atoms with Crippen molar-refractivity contribution >= 4 is 28.3 Å². The van der Waals surface area contributed by atoms with Gasteiger partial charge in [-0.25, -0.2) is 4.68 Å². The second-order valence-corrected chi connectivity index (χ2v) is 9.24. The average Bonchev–Trinajstić information content (AvgIpc) is 3.16. The fraction of sp³-hybridized carbons (Fsp3) is 0.172. The number of hydrogen-bond donors (Lipinski definition) is 0. The van der Waals surface area contributed by atoms with Crippen molar-refractivity contribution in [3.05, 3.63) is 99.3 Å². The lowest BCUT2D eigenvalue weighted by atomic mass is 10.1. The Bertz CT molecular complexity index is 1760. The lowest BCUT2D eigenvalue weighted by Gasteiger charge is -2.12. The van der Waals surface area contributed by atoms with Crippen molar-refractivity contribution in [2.75, 3.05) is 14.2 Å². The Balaban J connectivity index is 1.37. The molecule has 0 saturated carbocycles. The number of ether oxygens (including phenoxy) is 3. The number of fused-ring (bicyclic) bond motifs is 1. The standard InChI is InChI=1S/C29H25ClN4O5/c1-17-28(29(36)34(33(17)2)20-7-5-6-18(30)12-20)24(35)13-19-8-9-21(16-32-19)39-25-10-11-31-23-15-27(38-4)26(37-3)14-22(23)25/h5-12,14-16H,13H2,1-4H3. The number of Topliss-reactive ketones (excluding diaryl/α,β-unsaturated/α-hetero) is 1. The van der Waals surface area contributed by atoms with E-state index in [-0.39, 0.29) is 17.8 Å². The molecule has 0 unspecified atom stereocenters. The normalized spacial score (nSPS) is 11.0. The topological polar surface area (TPSA) is 97.5 Å². The molecular weight excluding hydrogens is 520 g/mol. The fourth-order valence-corrected chi connectivity index (χ4v) is 4.60. The van der Waals surface area contributed by atoms with Crippen LogP contribution in [0.1, 0.15) is 21.7 Å². The highest BCUT2D eigenvalue weighted by molar-refractivity contribution is 6.30. The van der Waals surface area contributed by atoms with E-state index in [9.17, 15) is 9.59 Å². The summed E-state index contributed by atoms with van der Waals surface area (Å²) >= 11 is 6.11. The van der Waals surface area contributed by atoms with E-state index < -0.39 is 5.56 Å². The van der Waals surface area contributed by atoms with E-state index in [4.69, 9.17) is 25.8 Å². The Labute approximate surface area is 229 Å². The summed E-state index contributed by atoms with van der Waals surface area (Å²) in [6, 6.07) is 15.7. The van der Waals surface area contributed by atoms with E-state index in [1.54, 1.807) is 93.7 Å². The summed E-state index contributed by atoms with van der Waals surface area (Å²) in [5.41, 5.74) is 2.04. The predicted octanol–water partition coefficient (Wildman–Crippen LogP) is 5.32. The largest absolute Gasteiger partial charge is 0.493 e. The number of aromatic nitrogens is 4. The molecule has 10 heteroatoms. The zero-order chi connectivity index (χ0) is 27.7. The average molecular weight is 545 g/mol. The number of benzene rings is 2. The summed E-state index contributed by atoms with van der Waals surface area (Å²) in [6.07, 6.45) is 3.14. The van der Waals surface area contributed by atoms with Crippen molar-refractivity contribution in [3.63, 3.8) is 0 Å². The highest BCUT2D eigenvalue weighted by Crippen LogP contribution is 2.36. The first-order valence-electron chi connectivity index (χ1n) is 12.0. The number of ketones is 1. The molecule has 198 valence electrons. The molecule has 0 aliphatic rings. The lowest BCUT2D eigenvalue weighted by molar-refractivity contribution is 0.0990. The van der Waals surface area contributed by atoms with Gasteiger partial charge in [0.05, 0.1) is 38.0 Å². The van der Waals surface area contributed by atoms with Crippen molar-refractivity contribution in [2.24, 2.45) is 7.05 Å². The summed E-state index contributed by atoms with van der Waals surface area (Å²) in [6.45, 7) is 1.74. The van der Waals surface area contributed by atoms with Gasteiger partial charge in [0, 0.05) is 41.1 Å². The highest BCUT2D eigenvalue weighted by Gasteiger charge is 2.23. The Morgan fingerprint density at radius 2 is 1.74 bits per heavy atom. The van der Waals surface area contributed by atoms with Crippen LogP contribution in [0.5, 0.6) is 23.0 Å². The molecule has 0 atom stereocenters. The number of methoxy groups -OCH3 is 2. The molecule has 0 saturated heterocycles. The molecule has 9 nitrogen and oxygen atoms in total. The van der Waals surface area contributed by atoms with Gasteiger partial charge < -0.3 is 14.2 Å². The van der Waals surface area contributed by atoms with Gasteiger partial charge in [-0.15, -0.1) is 0 Å². The van der Waals surface area contributed by atoms with Crippen LogP contribution in [0.25, 0.3) is 16.6 Å². The first kappa shape index (κ1) is 26.0. The van der Waals surface area contributed by atoms with E-state index in [1.807, 2.05) is 0 Å². The van der Waals surface area contributed by atoms with E-state index in [2.05, 4.69) is 9.97 Å². The van der Waals surface area contributed by atoms with Crippen LogP contribution >= 0.6 is 11.6 Å². The van der Waals surface area contributed by atoms with Crippen molar-refractivity contribution in [1.82, 2.24) is 19.3 Å². The molecule has 0 fully saturated rings. The number of hydrogen-bond acceptors (Lipinski definition) is 7. The van der Waals surface area contributed by atoms with Crippen LogP contribution < -0.4 is 19.8 Å². The van der Waals surface area contributed by atoms with E-state index >= 15 is 0 Å². The number of rotatable bonds is 8. The SMILES string of the molecule is COc1cc2nccc(Oc3ccc(CC(=O)c4c(C)n(C)n(-c5cccc(Cl)c5)c4=O)nc3)c2cc1OC. The first-order valence-corrected chi connectivity index (χ1v) is 12.4. The van der Waals surface area contributed by atoms with Gasteiger partial charge >= 0.3 is 0 Å². The molecule has 0 bridgehead atoms. The monoisotopic (exact) mass is 544 g/mol. The van der Waals surface area contributed by atoms with Crippen LogP contribution in [0.2, 0.25) is 5.02 Å². The molecule has 0 radical (unpaired) electrons. The fourth-order valence-electron chi connectivity index (χ4n) is 4.42. The molecule has 39 heavy (non-hydrogen) atoms. The second-order valence-electron chi connectivity index (χ2n) is 8.80. The van der Waals surface area contributed by atoms with Crippen molar-refractivity contribution in [3.8, 4) is 28.7 Å². The molecule has 5 rings (SSSR count). The molecule has 0 N–H and O–H groups in total. The van der Waals surface area contributed by atoms with E-state index in [1.165, 1.54) is 10.9 Å². The number of carbonyl (C=O) groups is 1. The molecule has 0 spiro atoms. The third kappa shape index (κ3) is 4.96. The Hall–Kier alpha value is -4.63. The van der Waals surface area contributed by atoms with Crippen LogP contribution in [-0.2, 0) is 13.5 Å². The van der Waals surface area contributed by atoms with Crippen LogP contribution in [0, 0.1) is 6.92 Å². The zero-order valence-electron chi connectivity index (χ0n) is 21.8. The van der Waals surface area contributed by atoms with Crippen LogP contribution in [0.4, 0.5) is 0 Å². The Morgan fingerprint density at radius 3 is 2.44 bits per heavy atom. The molecule has 0 aliphatic carbocycles. The summed E-state index contributed by atoms with van der Waals surface area (Å²) < 4.78 is 19.9. The Morgan fingerprint density at radius 1 is 0.974 bits per heavy atom. The van der Waals surface area contributed by atoms with Gasteiger partial charge in [-0.3, -0.25) is 24.2 Å². The van der Waals surface area contributed by atoms with Crippen LogP contribution in [-0.4, -0.2) is 39.3 Å². The maximum Gasteiger partial charge on any atom is 0.282 e. The maximum absolute atomic E-state index is 13.2. The lowest BCUT2D eigenvalue weighted by Crippen LogP contribution is -2.23. The molecule has 0 amide bonds. The quantitative estimate of drug-likeness (QED) is 0.244. The molecule has 5 aromatic rings. The minimum absolute atomic E-state index is 0.0366. The van der Waals surface area contributed by atoms with Crippen molar-refractivity contribution < 1.29 is 19.0 Å². The number of nitrogens with zero attached hydrogens (tertiary/aromatic N) is 4. The third-order valence-electron chi connectivity index (χ3n) is 6.46. The maximum atomic E-state index is 13.2. The van der Waals surface area contributed by atoms with Gasteiger partial charge in [-0.2, -0.15) is 0 Å². The zero-order valence-corrected chi connectivity index (χ0v) is 22.5. The summed E-state index contributed by atoms with van der Waals surface area (Å²) in [5, 5.41) is 1.24. The first-order chi connectivity index (χ1) is 18.8. The predicted molar refractivity (Wildman–Crippen MR) is 148 cm³/mol. The van der Waals surface area contributed by atoms with Crippen molar-refractivity contribution in [2.45, 2.75) is 13.3 Å². The smallest absolute Gasteiger partial charge is 0.282 e. The molecular formula is C29H25ClN4O5. The van der Waals surface area contributed by atoms with Gasteiger partial charge in [0.25, 0.3) is 5.56 Å². The van der Waals surface area contributed by atoms with Gasteiger partial charge in [-0.05, 0) is 49.4 Å². The van der Waals surface area contributed by atoms with E-state index in [0.717, 1.165) is 5.39 Å². The molecule has 2 aromatic carbocycles. The number of carbonyl (C=O) groups excluding carboxylic acids is 1. The van der Waals surface area contributed by atoms with Crippen LogP contribution in [0.15, 0.2) is 71.8 Å². The van der Waals surface area contributed by atoms with Gasteiger partial charge in [0.1, 0.15) is 17.1 Å². The summed E-state index contributed by atoms with van der Waals surface area (Å²) in [5.74, 6) is 1.84. The molecule has 0 aliphatic heterocycles. The number of halogens is 1. The minimum Gasteiger partial charge on any atom is -0.493 e. The van der Waals surface area contributed by atoms with E-state index in [0.29, 0.717) is 50.6 Å². The molecule has 3 heterocycles. The second kappa shape index (κ2) is 10.6. The van der Waals surface area contributed by atoms with Crippen molar-refractivity contribution in [1.29, 1.82) is 0 Å². The minimum atomic E-state index is -0.404. The van der Waals surface area contributed by atoms with Gasteiger partial charge in [0.15, 0.2) is 17.3 Å². The number of pyridine rings is 2. The van der Waals surface area contributed by atoms with Crippen LogP contribution in [0.3, 0.4) is 0 Å². The Kier molecular flexibility index (Phi) is 7.08. The third-order valence-corrected chi connectivity index (χ3v) is 6.69. The summed E-state index contributed by atoms with van der Waals surface area (Å²) in [7, 11) is 4.86. The van der Waals surface area contributed by atoms with Gasteiger partial charge in [-0.1, -0.05) is 17.7 Å².